The molecule has 0 atom stereocenters. The summed E-state index contributed by atoms with van der Waals surface area (Å²) < 4.78 is 11.8. The smallest absolute Gasteiger partial charge is 0.419 e. The zero-order valence-corrected chi connectivity index (χ0v) is 18.9. The molecule has 2 amide bonds. The molecule has 30 heavy (non-hydrogen) atoms. The van der Waals surface area contributed by atoms with Crippen molar-refractivity contribution >= 4 is 18.1 Å². The maximum absolute atomic E-state index is 12.8. The van der Waals surface area contributed by atoms with Crippen molar-refractivity contribution in [1.82, 2.24) is 19.8 Å². The van der Waals surface area contributed by atoms with Crippen molar-refractivity contribution in [2.24, 2.45) is 5.92 Å². The molecule has 9 nitrogen and oxygen atoms in total. The Bertz CT molecular complexity index is 756. The van der Waals surface area contributed by atoms with Gasteiger partial charge in [0.25, 0.3) is 0 Å². The molecule has 0 aromatic carbocycles. The molecule has 0 bridgehead atoms. The molecule has 1 fully saturated rings. The van der Waals surface area contributed by atoms with Crippen molar-refractivity contribution in [3.05, 3.63) is 18.2 Å². The minimum Gasteiger partial charge on any atom is -0.444 e. The highest BCUT2D eigenvalue weighted by atomic mass is 16.6. The van der Waals surface area contributed by atoms with Crippen LogP contribution < -0.4 is 5.32 Å². The molecule has 0 spiro atoms. The lowest BCUT2D eigenvalue weighted by Gasteiger charge is -2.31. The number of rotatable bonds is 6. The van der Waals surface area contributed by atoms with Crippen LogP contribution in [0.3, 0.4) is 0 Å². The van der Waals surface area contributed by atoms with Crippen LogP contribution in [-0.2, 0) is 20.8 Å². The number of alkyl carbamates (subject to hydrolysis) is 1. The quantitative estimate of drug-likeness (QED) is 0.754. The summed E-state index contributed by atoms with van der Waals surface area (Å²) in [5, 5.41) is 2.68. The van der Waals surface area contributed by atoms with Gasteiger partial charge in [0.05, 0.1) is 12.2 Å². The number of amides is 2. The fourth-order valence-corrected chi connectivity index (χ4v) is 2.84. The minimum atomic E-state index is -0.610. The molecule has 0 unspecified atom stereocenters. The Labute approximate surface area is 178 Å². The summed E-state index contributed by atoms with van der Waals surface area (Å²) in [6, 6.07) is 0. The third-order valence-electron chi connectivity index (χ3n) is 4.41. The Morgan fingerprint density at radius 3 is 2.30 bits per heavy atom. The molecular formula is C21H34N4O5. The number of hydrogen-bond acceptors (Lipinski definition) is 6. The Morgan fingerprint density at radius 2 is 1.77 bits per heavy atom. The number of carbonyl (C=O) groups is 3. The maximum atomic E-state index is 12.8. The van der Waals surface area contributed by atoms with Gasteiger partial charge in [-0.2, -0.15) is 0 Å². The van der Waals surface area contributed by atoms with E-state index in [0.717, 1.165) is 19.3 Å². The van der Waals surface area contributed by atoms with Gasteiger partial charge in [-0.05, 0) is 54.4 Å². The lowest BCUT2D eigenvalue weighted by Crippen LogP contribution is -2.43. The number of aromatic nitrogens is 2. The molecule has 9 heteroatoms. The summed E-state index contributed by atoms with van der Waals surface area (Å²) in [7, 11) is 0. The zero-order valence-electron chi connectivity index (χ0n) is 18.9. The third-order valence-corrected chi connectivity index (χ3v) is 4.41. The number of hydrogen-bond donors (Lipinski definition) is 1. The number of nitrogens with zero attached hydrogens (tertiary/aromatic N) is 3. The SMILES string of the molecule is CC(C)(C)OC(=O)NCCN(Cc1cn(C(=O)OC(C)(C)C)cn1)C(=O)C1CCC1. The molecule has 1 aromatic rings. The second-order valence-corrected chi connectivity index (χ2v) is 9.57. The highest BCUT2D eigenvalue weighted by Gasteiger charge is 2.30. The van der Waals surface area contributed by atoms with Gasteiger partial charge in [0, 0.05) is 25.2 Å². The molecule has 1 aliphatic rings. The molecule has 1 aromatic heterocycles. The average molecular weight is 423 g/mol. The van der Waals surface area contributed by atoms with Gasteiger partial charge in [-0.15, -0.1) is 0 Å². The first-order valence-corrected chi connectivity index (χ1v) is 10.4. The predicted molar refractivity (Wildman–Crippen MR) is 111 cm³/mol. The van der Waals surface area contributed by atoms with E-state index < -0.39 is 23.4 Å². The molecule has 1 heterocycles. The van der Waals surface area contributed by atoms with Crippen LogP contribution in [0.1, 0.15) is 66.5 Å². The van der Waals surface area contributed by atoms with E-state index in [1.807, 2.05) is 0 Å². The molecular weight excluding hydrogens is 388 g/mol. The molecule has 0 aliphatic heterocycles. The summed E-state index contributed by atoms with van der Waals surface area (Å²) in [5.41, 5.74) is -0.619. The van der Waals surface area contributed by atoms with Crippen molar-refractivity contribution in [3.63, 3.8) is 0 Å². The number of nitrogens with one attached hydrogen (secondary N) is 1. The first-order valence-electron chi connectivity index (χ1n) is 10.4. The molecule has 2 rings (SSSR count). The van der Waals surface area contributed by atoms with E-state index in [0.29, 0.717) is 12.2 Å². The Hall–Kier alpha value is -2.58. The fourth-order valence-electron chi connectivity index (χ4n) is 2.84. The standard InChI is InChI=1S/C21H34N4O5/c1-20(2,3)29-18(27)22-10-11-24(17(26)15-8-7-9-15)12-16-13-25(14-23-16)19(28)30-21(4,5)6/h13-15H,7-12H2,1-6H3,(H,22,27). The van der Waals surface area contributed by atoms with Gasteiger partial charge in [0.15, 0.2) is 0 Å². The number of imidazole rings is 1. The van der Waals surface area contributed by atoms with Crippen LogP contribution >= 0.6 is 0 Å². The van der Waals surface area contributed by atoms with E-state index in [2.05, 4.69) is 10.3 Å². The summed E-state index contributed by atoms with van der Waals surface area (Å²) in [6.45, 7) is 11.6. The molecule has 1 saturated carbocycles. The molecule has 1 N–H and O–H groups in total. The van der Waals surface area contributed by atoms with Crippen molar-refractivity contribution < 1.29 is 23.9 Å². The molecule has 0 saturated heterocycles. The van der Waals surface area contributed by atoms with Gasteiger partial charge >= 0.3 is 12.2 Å². The maximum Gasteiger partial charge on any atom is 0.419 e. The van der Waals surface area contributed by atoms with Crippen LogP contribution in [0.25, 0.3) is 0 Å². The van der Waals surface area contributed by atoms with Gasteiger partial charge < -0.3 is 19.7 Å². The van der Waals surface area contributed by atoms with Crippen molar-refractivity contribution in [1.29, 1.82) is 0 Å². The normalized spacial score (nSPS) is 14.6. The predicted octanol–water partition coefficient (Wildman–Crippen LogP) is 3.32. The lowest BCUT2D eigenvalue weighted by atomic mass is 9.84. The lowest BCUT2D eigenvalue weighted by molar-refractivity contribution is -0.138. The van der Waals surface area contributed by atoms with Crippen molar-refractivity contribution in [2.75, 3.05) is 13.1 Å². The van der Waals surface area contributed by atoms with Gasteiger partial charge in [-0.1, -0.05) is 6.42 Å². The molecule has 168 valence electrons. The summed E-state index contributed by atoms with van der Waals surface area (Å²) in [5.74, 6) is 0.0542. The number of ether oxygens (including phenoxy) is 2. The molecule has 1 aliphatic carbocycles. The van der Waals surface area contributed by atoms with Crippen molar-refractivity contribution in [3.8, 4) is 0 Å². The Kier molecular flexibility index (Phi) is 7.49. The van der Waals surface area contributed by atoms with Crippen LogP contribution in [-0.4, -0.2) is 56.8 Å². The van der Waals surface area contributed by atoms with Crippen LogP contribution in [0.15, 0.2) is 12.5 Å². The summed E-state index contributed by atoms with van der Waals surface area (Å²) >= 11 is 0. The minimum absolute atomic E-state index is 0.0134. The first-order chi connectivity index (χ1) is 13.8. The van der Waals surface area contributed by atoms with E-state index in [4.69, 9.17) is 9.47 Å². The second kappa shape index (κ2) is 9.49. The van der Waals surface area contributed by atoms with E-state index in [9.17, 15) is 14.4 Å². The van der Waals surface area contributed by atoms with Crippen LogP contribution in [0.2, 0.25) is 0 Å². The van der Waals surface area contributed by atoms with Crippen LogP contribution in [0.4, 0.5) is 9.59 Å². The monoisotopic (exact) mass is 422 g/mol. The number of carbonyl (C=O) groups excluding carboxylic acids is 3. The van der Waals surface area contributed by atoms with Crippen molar-refractivity contribution in [2.45, 2.75) is 78.6 Å². The van der Waals surface area contributed by atoms with Crippen LogP contribution in [0.5, 0.6) is 0 Å². The Morgan fingerprint density at radius 1 is 1.13 bits per heavy atom. The van der Waals surface area contributed by atoms with Gasteiger partial charge in [0.1, 0.15) is 17.5 Å². The first kappa shape index (κ1) is 23.7. The van der Waals surface area contributed by atoms with E-state index in [1.165, 1.54) is 10.9 Å². The van der Waals surface area contributed by atoms with Gasteiger partial charge in [-0.25, -0.2) is 19.1 Å². The fraction of sp³-hybridized carbons (Fsp3) is 0.714. The van der Waals surface area contributed by atoms with E-state index in [-0.39, 0.29) is 24.9 Å². The highest BCUT2D eigenvalue weighted by molar-refractivity contribution is 5.79. The summed E-state index contributed by atoms with van der Waals surface area (Å²) in [4.78, 5) is 42.8. The second-order valence-electron chi connectivity index (χ2n) is 9.57. The third kappa shape index (κ3) is 7.68. The van der Waals surface area contributed by atoms with Crippen LogP contribution in [0, 0.1) is 5.92 Å². The largest absolute Gasteiger partial charge is 0.444 e. The molecule has 0 radical (unpaired) electrons. The zero-order chi connectivity index (χ0) is 22.5. The van der Waals surface area contributed by atoms with E-state index >= 15 is 0 Å². The van der Waals surface area contributed by atoms with E-state index in [1.54, 1.807) is 52.6 Å². The summed E-state index contributed by atoms with van der Waals surface area (Å²) in [6.07, 6.45) is 4.71. The van der Waals surface area contributed by atoms with Gasteiger partial charge in [0.2, 0.25) is 5.91 Å². The Balaban J connectivity index is 1.97. The van der Waals surface area contributed by atoms with Gasteiger partial charge in [-0.3, -0.25) is 4.79 Å². The average Bonchev–Trinajstić information content (AvgIpc) is 2.97. The highest BCUT2D eigenvalue weighted by Crippen LogP contribution is 2.28. The topological polar surface area (TPSA) is 103 Å².